The maximum Gasteiger partial charge on any atom is 0.339 e. The molecule has 7 N–H and O–H groups in total. The molecular formula is C8H21N4O3P. The number of hydrogen-bond donors (Lipinski definition) is 5. The van der Waals surface area contributed by atoms with E-state index in [9.17, 15) is 4.57 Å². The van der Waals surface area contributed by atoms with E-state index in [1.807, 2.05) is 0 Å². The predicted molar refractivity (Wildman–Crippen MR) is 64.1 cm³/mol. The summed E-state index contributed by atoms with van der Waals surface area (Å²) < 4.78 is 10.5. The van der Waals surface area contributed by atoms with E-state index in [1.54, 1.807) is 0 Å². The van der Waals surface area contributed by atoms with E-state index in [2.05, 4.69) is 10.3 Å². The van der Waals surface area contributed by atoms with Gasteiger partial charge in [0.05, 0.1) is 6.29 Å². The van der Waals surface area contributed by atoms with E-state index in [1.165, 1.54) is 0 Å². The number of nitrogens with two attached hydrogens (primary N) is 2. The number of unbranched alkanes of at least 4 members (excludes halogenated alkanes) is 3. The lowest BCUT2D eigenvalue weighted by atomic mass is 10.2. The second-order valence-electron chi connectivity index (χ2n) is 3.54. The molecule has 0 rings (SSSR count). The summed E-state index contributed by atoms with van der Waals surface area (Å²) >= 11 is 0. The molecule has 0 unspecified atom stereocenters. The Morgan fingerprint density at radius 2 is 1.81 bits per heavy atom. The summed E-state index contributed by atoms with van der Waals surface area (Å²) in [6.07, 6.45) is 3.57. The Kier molecular flexibility index (Phi) is 8.19. The van der Waals surface area contributed by atoms with Gasteiger partial charge in [-0.3, -0.25) is 9.56 Å². The second kappa shape index (κ2) is 8.52. The highest BCUT2D eigenvalue weighted by molar-refractivity contribution is 7.51. The third kappa shape index (κ3) is 13.4. The molecule has 0 aromatic rings. The molecule has 7 nitrogen and oxygen atoms in total. The van der Waals surface area contributed by atoms with Crippen LogP contribution < -0.4 is 16.8 Å². The van der Waals surface area contributed by atoms with E-state index in [-0.39, 0.29) is 12.2 Å². The Morgan fingerprint density at radius 1 is 1.19 bits per heavy atom. The van der Waals surface area contributed by atoms with E-state index in [0.29, 0.717) is 13.1 Å². The van der Waals surface area contributed by atoms with Crippen molar-refractivity contribution in [1.82, 2.24) is 5.32 Å². The molecule has 0 aromatic heterocycles. The Balaban J connectivity index is 3.16. The predicted octanol–water partition coefficient (Wildman–Crippen LogP) is -0.455. The van der Waals surface area contributed by atoms with Gasteiger partial charge >= 0.3 is 7.60 Å². The lowest BCUT2D eigenvalue weighted by Gasteiger charge is -2.05. The van der Waals surface area contributed by atoms with Crippen LogP contribution in [0.4, 0.5) is 0 Å². The van der Waals surface area contributed by atoms with Crippen molar-refractivity contribution in [2.75, 3.05) is 19.4 Å². The summed E-state index contributed by atoms with van der Waals surface area (Å²) in [6, 6.07) is 0. The Labute approximate surface area is 95.5 Å². The van der Waals surface area contributed by atoms with Crippen LogP contribution in [0.25, 0.3) is 0 Å². The number of hydrogen-bond acceptors (Lipinski definition) is 3. The summed E-state index contributed by atoms with van der Waals surface area (Å²) in [7, 11) is -3.90. The van der Waals surface area contributed by atoms with Crippen LogP contribution in [-0.4, -0.2) is 35.1 Å². The summed E-state index contributed by atoms with van der Waals surface area (Å²) in [4.78, 5) is 20.9. The van der Waals surface area contributed by atoms with Gasteiger partial charge in [-0.05, 0) is 19.4 Å². The quantitative estimate of drug-likeness (QED) is 0.163. The lowest BCUT2D eigenvalue weighted by Crippen LogP contribution is -2.22. The molecule has 0 saturated carbocycles. The lowest BCUT2D eigenvalue weighted by molar-refractivity contribution is 0.367. The number of rotatable bonds is 9. The van der Waals surface area contributed by atoms with Gasteiger partial charge in [0.25, 0.3) is 0 Å². The molecule has 0 fully saturated rings. The van der Waals surface area contributed by atoms with Gasteiger partial charge in [0, 0.05) is 6.54 Å². The standard InChI is InChI=1S/C8H21N4O3P/c9-8(10)12-6-4-2-1-3-5-11-7-16(13,14)15/h11H,1-7H2,(H4,9,10,12)(H2,13,14,15). The smallest absolute Gasteiger partial charge is 0.339 e. The molecule has 16 heavy (non-hydrogen) atoms. The molecule has 8 heteroatoms. The van der Waals surface area contributed by atoms with E-state index >= 15 is 0 Å². The van der Waals surface area contributed by atoms with Gasteiger partial charge in [-0.2, -0.15) is 0 Å². The molecule has 0 amide bonds. The van der Waals surface area contributed by atoms with Gasteiger partial charge in [-0.25, -0.2) is 0 Å². The first kappa shape index (κ1) is 15.4. The highest BCUT2D eigenvalue weighted by Crippen LogP contribution is 2.31. The first-order valence-electron chi connectivity index (χ1n) is 5.22. The minimum atomic E-state index is -3.90. The molecule has 0 spiro atoms. The van der Waals surface area contributed by atoms with Gasteiger partial charge < -0.3 is 26.6 Å². The van der Waals surface area contributed by atoms with Crippen molar-refractivity contribution in [3.63, 3.8) is 0 Å². The van der Waals surface area contributed by atoms with Crippen molar-refractivity contribution in [2.24, 2.45) is 16.5 Å². The Bertz CT molecular complexity index is 250. The maximum atomic E-state index is 10.5. The van der Waals surface area contributed by atoms with Crippen LogP contribution in [-0.2, 0) is 4.57 Å². The molecule has 0 saturated heterocycles. The first-order chi connectivity index (χ1) is 7.42. The zero-order valence-corrected chi connectivity index (χ0v) is 10.2. The summed E-state index contributed by atoms with van der Waals surface area (Å²) in [5.74, 6) is 0.114. The van der Waals surface area contributed by atoms with Gasteiger partial charge in [-0.15, -0.1) is 0 Å². The van der Waals surface area contributed by atoms with Crippen LogP contribution in [0.3, 0.4) is 0 Å². The minimum absolute atomic E-state index is 0.114. The van der Waals surface area contributed by atoms with Gasteiger partial charge in [0.2, 0.25) is 0 Å². The van der Waals surface area contributed by atoms with Crippen molar-refractivity contribution >= 4 is 13.6 Å². The molecule has 0 aromatic carbocycles. The average molecular weight is 252 g/mol. The van der Waals surface area contributed by atoms with Crippen LogP contribution in [0.5, 0.6) is 0 Å². The maximum absolute atomic E-state index is 10.5. The Hall–Kier alpha value is -0.620. The van der Waals surface area contributed by atoms with Crippen molar-refractivity contribution in [3.8, 4) is 0 Å². The number of nitrogens with zero attached hydrogens (tertiary/aromatic N) is 1. The normalized spacial score (nSPS) is 11.4. The number of guanidine groups is 1. The summed E-state index contributed by atoms with van der Waals surface area (Å²) in [5.41, 5.74) is 10.3. The molecule has 0 heterocycles. The average Bonchev–Trinajstić information content (AvgIpc) is 2.13. The molecule has 0 atom stereocenters. The SMILES string of the molecule is NC(N)=NCCCCCCNCP(=O)(O)O. The fourth-order valence-electron chi connectivity index (χ4n) is 1.15. The zero-order chi connectivity index (χ0) is 12.4. The van der Waals surface area contributed by atoms with Crippen molar-refractivity contribution in [3.05, 3.63) is 0 Å². The van der Waals surface area contributed by atoms with Crippen molar-refractivity contribution < 1.29 is 14.4 Å². The van der Waals surface area contributed by atoms with Crippen LogP contribution in [0.1, 0.15) is 25.7 Å². The third-order valence-electron chi connectivity index (χ3n) is 1.87. The van der Waals surface area contributed by atoms with Crippen molar-refractivity contribution in [2.45, 2.75) is 25.7 Å². The largest absolute Gasteiger partial charge is 0.370 e. The van der Waals surface area contributed by atoms with E-state index in [4.69, 9.17) is 21.3 Å². The zero-order valence-electron chi connectivity index (χ0n) is 9.30. The van der Waals surface area contributed by atoms with Crippen LogP contribution in [0.15, 0.2) is 4.99 Å². The first-order valence-corrected chi connectivity index (χ1v) is 7.02. The molecule has 0 radical (unpaired) electrons. The van der Waals surface area contributed by atoms with Gasteiger partial charge in [0.15, 0.2) is 5.96 Å². The third-order valence-corrected chi connectivity index (χ3v) is 2.51. The number of aliphatic imine (C=N–C) groups is 1. The highest BCUT2D eigenvalue weighted by Gasteiger charge is 2.10. The van der Waals surface area contributed by atoms with Gasteiger partial charge in [0.1, 0.15) is 0 Å². The fraction of sp³-hybridized carbons (Fsp3) is 0.875. The van der Waals surface area contributed by atoms with E-state index in [0.717, 1.165) is 25.7 Å². The molecule has 0 aliphatic rings. The van der Waals surface area contributed by atoms with Crippen LogP contribution in [0, 0.1) is 0 Å². The minimum Gasteiger partial charge on any atom is -0.370 e. The van der Waals surface area contributed by atoms with Gasteiger partial charge in [-0.1, -0.05) is 12.8 Å². The van der Waals surface area contributed by atoms with Crippen molar-refractivity contribution in [1.29, 1.82) is 0 Å². The molecule has 0 aliphatic heterocycles. The summed E-state index contributed by atoms with van der Waals surface area (Å²) in [5, 5.41) is 2.70. The molecule has 0 aliphatic carbocycles. The molecular weight excluding hydrogens is 231 g/mol. The summed E-state index contributed by atoms with van der Waals surface area (Å²) in [6.45, 7) is 1.26. The monoisotopic (exact) mass is 252 g/mol. The second-order valence-corrected chi connectivity index (χ2v) is 5.19. The van der Waals surface area contributed by atoms with Crippen LogP contribution >= 0.6 is 7.60 Å². The van der Waals surface area contributed by atoms with Crippen LogP contribution in [0.2, 0.25) is 0 Å². The molecule has 96 valence electrons. The highest BCUT2D eigenvalue weighted by atomic mass is 31.2. The Morgan fingerprint density at radius 3 is 2.38 bits per heavy atom. The van der Waals surface area contributed by atoms with E-state index < -0.39 is 7.60 Å². The number of nitrogens with one attached hydrogen (secondary N) is 1. The molecule has 0 bridgehead atoms. The fourth-order valence-corrected chi connectivity index (χ4v) is 1.60. The topological polar surface area (TPSA) is 134 Å².